The number of aromatic nitrogens is 2. The number of nitrogens with one attached hydrogen (secondary N) is 2. The van der Waals surface area contributed by atoms with Gasteiger partial charge in [0.25, 0.3) is 5.91 Å². The fraction of sp³-hybridized carbons (Fsp3) is 0.318. The molecule has 0 bridgehead atoms. The molecule has 7 nitrogen and oxygen atoms in total. The second-order valence-corrected chi connectivity index (χ2v) is 7.38. The summed E-state index contributed by atoms with van der Waals surface area (Å²) in [5.41, 5.74) is 3.04. The third-order valence-corrected chi connectivity index (χ3v) is 5.44. The van der Waals surface area contributed by atoms with E-state index in [0.29, 0.717) is 43.1 Å². The van der Waals surface area contributed by atoms with E-state index in [4.69, 9.17) is 4.74 Å². The van der Waals surface area contributed by atoms with Gasteiger partial charge >= 0.3 is 0 Å². The largest absolute Gasteiger partial charge is 0.495 e. The number of benzene rings is 2. The molecule has 0 saturated carbocycles. The van der Waals surface area contributed by atoms with Crippen molar-refractivity contribution in [3.8, 4) is 5.75 Å². The zero-order chi connectivity index (χ0) is 20.4. The van der Waals surface area contributed by atoms with Crippen LogP contribution in [0.5, 0.6) is 5.75 Å². The van der Waals surface area contributed by atoms with Crippen molar-refractivity contribution >= 4 is 28.4 Å². The number of anilines is 1. The van der Waals surface area contributed by atoms with Crippen LogP contribution in [0.2, 0.25) is 0 Å². The lowest BCUT2D eigenvalue weighted by atomic mass is 9.95. The number of piperidine rings is 1. The summed E-state index contributed by atoms with van der Waals surface area (Å²) in [6.07, 6.45) is 1.24. The Labute approximate surface area is 169 Å². The highest BCUT2D eigenvalue weighted by molar-refractivity contribution is 6.05. The Morgan fingerprint density at radius 3 is 2.69 bits per heavy atom. The average molecular weight is 392 g/mol. The standard InChI is InChI=1S/C22H24N4O3/c1-14-7-8-17-16(13-14)20(25-24-17)22(28)26-11-9-15(10-12-26)21(27)23-18-5-3-4-6-19(18)29-2/h3-8,13,15H,9-12H2,1-2H3,(H,23,27)(H,24,25). The Morgan fingerprint density at radius 1 is 1.17 bits per heavy atom. The highest BCUT2D eigenvalue weighted by Crippen LogP contribution is 2.27. The predicted molar refractivity (Wildman–Crippen MR) is 111 cm³/mol. The molecule has 1 saturated heterocycles. The van der Waals surface area contributed by atoms with E-state index in [1.165, 1.54) is 0 Å². The number of nitrogens with zero attached hydrogens (tertiary/aromatic N) is 2. The number of amides is 2. The number of hydrogen-bond donors (Lipinski definition) is 2. The van der Waals surface area contributed by atoms with Crippen LogP contribution in [0.15, 0.2) is 42.5 Å². The van der Waals surface area contributed by atoms with Crippen molar-refractivity contribution in [1.82, 2.24) is 15.1 Å². The van der Waals surface area contributed by atoms with Gasteiger partial charge in [-0.2, -0.15) is 5.10 Å². The zero-order valence-corrected chi connectivity index (χ0v) is 16.6. The van der Waals surface area contributed by atoms with Crippen molar-refractivity contribution in [3.05, 3.63) is 53.7 Å². The molecule has 29 heavy (non-hydrogen) atoms. The van der Waals surface area contributed by atoms with E-state index < -0.39 is 0 Å². The van der Waals surface area contributed by atoms with Crippen LogP contribution in [0.1, 0.15) is 28.9 Å². The third-order valence-electron chi connectivity index (χ3n) is 5.44. The van der Waals surface area contributed by atoms with Gasteiger partial charge in [0.2, 0.25) is 5.91 Å². The first kappa shape index (κ1) is 19.0. The zero-order valence-electron chi connectivity index (χ0n) is 16.6. The fourth-order valence-electron chi connectivity index (χ4n) is 3.77. The second kappa shape index (κ2) is 7.95. The molecule has 1 aromatic heterocycles. The number of aryl methyl sites for hydroxylation is 1. The molecule has 0 atom stereocenters. The number of para-hydroxylation sites is 2. The molecule has 2 aromatic carbocycles. The molecule has 7 heteroatoms. The number of aromatic amines is 1. The van der Waals surface area contributed by atoms with Crippen molar-refractivity contribution < 1.29 is 14.3 Å². The highest BCUT2D eigenvalue weighted by Gasteiger charge is 2.29. The first-order valence-electron chi connectivity index (χ1n) is 9.74. The van der Waals surface area contributed by atoms with E-state index in [-0.39, 0.29) is 17.7 Å². The third kappa shape index (κ3) is 3.81. The van der Waals surface area contributed by atoms with Gasteiger partial charge in [0.1, 0.15) is 5.75 Å². The van der Waals surface area contributed by atoms with E-state index in [1.54, 1.807) is 12.0 Å². The fourth-order valence-corrected chi connectivity index (χ4v) is 3.77. The van der Waals surface area contributed by atoms with E-state index >= 15 is 0 Å². The maximum atomic E-state index is 13.0. The molecule has 150 valence electrons. The van der Waals surface area contributed by atoms with Gasteiger partial charge in [-0.1, -0.05) is 23.8 Å². The van der Waals surface area contributed by atoms with Gasteiger partial charge in [-0.25, -0.2) is 0 Å². The van der Waals surface area contributed by atoms with Crippen molar-refractivity contribution in [1.29, 1.82) is 0 Å². The first-order valence-corrected chi connectivity index (χ1v) is 9.74. The van der Waals surface area contributed by atoms with Gasteiger partial charge in [-0.15, -0.1) is 0 Å². The van der Waals surface area contributed by atoms with E-state index in [2.05, 4.69) is 15.5 Å². The van der Waals surface area contributed by atoms with Crippen LogP contribution >= 0.6 is 0 Å². The summed E-state index contributed by atoms with van der Waals surface area (Å²) >= 11 is 0. The minimum Gasteiger partial charge on any atom is -0.495 e. The van der Waals surface area contributed by atoms with E-state index in [1.807, 2.05) is 49.4 Å². The van der Waals surface area contributed by atoms with Crippen molar-refractivity contribution in [2.75, 3.05) is 25.5 Å². The van der Waals surface area contributed by atoms with Crippen molar-refractivity contribution in [2.45, 2.75) is 19.8 Å². The van der Waals surface area contributed by atoms with Gasteiger partial charge < -0.3 is 15.0 Å². The number of likely N-dealkylation sites (tertiary alicyclic amines) is 1. The molecule has 4 rings (SSSR count). The molecule has 1 aliphatic heterocycles. The summed E-state index contributed by atoms with van der Waals surface area (Å²) in [4.78, 5) is 27.4. The Morgan fingerprint density at radius 2 is 1.93 bits per heavy atom. The summed E-state index contributed by atoms with van der Waals surface area (Å²) in [6.45, 7) is 3.05. The van der Waals surface area contributed by atoms with Gasteiger partial charge in [0.05, 0.1) is 18.3 Å². The van der Waals surface area contributed by atoms with Crippen LogP contribution in [0.3, 0.4) is 0 Å². The lowest BCUT2D eigenvalue weighted by molar-refractivity contribution is -0.121. The van der Waals surface area contributed by atoms with Crippen LogP contribution in [0.4, 0.5) is 5.69 Å². The number of rotatable bonds is 4. The summed E-state index contributed by atoms with van der Waals surface area (Å²) in [5.74, 6) is 0.365. The molecule has 1 fully saturated rings. The molecular formula is C22H24N4O3. The van der Waals surface area contributed by atoms with Crippen LogP contribution in [-0.2, 0) is 4.79 Å². The molecule has 2 N–H and O–H groups in total. The molecule has 2 heterocycles. The minimum absolute atomic E-state index is 0.0394. The maximum Gasteiger partial charge on any atom is 0.274 e. The Bertz CT molecular complexity index is 1050. The maximum absolute atomic E-state index is 13.0. The number of ether oxygens (including phenoxy) is 1. The normalized spacial score (nSPS) is 14.8. The van der Waals surface area contributed by atoms with Crippen molar-refractivity contribution in [2.24, 2.45) is 5.92 Å². The van der Waals surface area contributed by atoms with E-state index in [9.17, 15) is 9.59 Å². The molecule has 0 unspecified atom stereocenters. The van der Waals surface area contributed by atoms with Crippen LogP contribution < -0.4 is 10.1 Å². The van der Waals surface area contributed by atoms with Crippen LogP contribution in [-0.4, -0.2) is 47.1 Å². The van der Waals surface area contributed by atoms with Gasteiger partial charge in [0.15, 0.2) is 5.69 Å². The molecule has 2 amide bonds. The van der Waals surface area contributed by atoms with Gasteiger partial charge in [-0.05, 0) is 44.0 Å². The first-order chi connectivity index (χ1) is 14.1. The predicted octanol–water partition coefficient (Wildman–Crippen LogP) is 3.37. The number of methoxy groups -OCH3 is 1. The topological polar surface area (TPSA) is 87.3 Å². The number of carbonyl (C=O) groups is 2. The van der Waals surface area contributed by atoms with Gasteiger partial charge in [-0.3, -0.25) is 14.7 Å². The molecule has 0 aliphatic carbocycles. The molecule has 3 aromatic rings. The summed E-state index contributed by atoms with van der Waals surface area (Å²) in [5, 5.41) is 10.9. The van der Waals surface area contributed by atoms with Crippen molar-refractivity contribution in [3.63, 3.8) is 0 Å². The molecule has 1 aliphatic rings. The number of carbonyl (C=O) groups excluding carboxylic acids is 2. The Balaban J connectivity index is 1.40. The smallest absolute Gasteiger partial charge is 0.274 e. The Hall–Kier alpha value is -3.35. The van der Waals surface area contributed by atoms with Gasteiger partial charge in [0, 0.05) is 24.4 Å². The highest BCUT2D eigenvalue weighted by atomic mass is 16.5. The quantitative estimate of drug-likeness (QED) is 0.713. The summed E-state index contributed by atoms with van der Waals surface area (Å²) in [7, 11) is 1.58. The second-order valence-electron chi connectivity index (χ2n) is 7.38. The average Bonchev–Trinajstić information content (AvgIpc) is 3.16. The monoisotopic (exact) mass is 392 g/mol. The summed E-state index contributed by atoms with van der Waals surface area (Å²) < 4.78 is 5.29. The minimum atomic E-state index is -0.137. The number of fused-ring (bicyclic) bond motifs is 1. The molecule has 0 spiro atoms. The number of H-pyrrole nitrogens is 1. The van der Waals surface area contributed by atoms with Crippen LogP contribution in [0.25, 0.3) is 10.9 Å². The SMILES string of the molecule is COc1ccccc1NC(=O)C1CCN(C(=O)c2n[nH]c3ccc(C)cc23)CC1. The Kier molecular flexibility index (Phi) is 5.20. The lowest BCUT2D eigenvalue weighted by Crippen LogP contribution is -2.41. The lowest BCUT2D eigenvalue weighted by Gasteiger charge is -2.31. The summed E-state index contributed by atoms with van der Waals surface area (Å²) in [6, 6.07) is 13.2. The van der Waals surface area contributed by atoms with Crippen LogP contribution in [0, 0.1) is 12.8 Å². The van der Waals surface area contributed by atoms with E-state index in [0.717, 1.165) is 16.5 Å². The number of hydrogen-bond acceptors (Lipinski definition) is 4. The molecular weight excluding hydrogens is 368 g/mol. The molecule has 0 radical (unpaired) electrons.